The third-order valence-electron chi connectivity index (χ3n) is 7.70. The Morgan fingerprint density at radius 3 is 1.23 bits per heavy atom. The van der Waals surface area contributed by atoms with Crippen LogP contribution in [-0.4, -0.2) is 37.1 Å². The van der Waals surface area contributed by atoms with Crippen molar-refractivity contribution in [1.82, 2.24) is 0 Å². The molecule has 0 N–H and O–H groups in total. The molecule has 0 amide bonds. The third kappa shape index (κ3) is 12.1. The minimum Gasteiger partial charge on any atom is -0.462 e. The highest BCUT2D eigenvalue weighted by Crippen LogP contribution is 2.42. The summed E-state index contributed by atoms with van der Waals surface area (Å²) < 4.78 is 21.4. The average Bonchev–Trinajstić information content (AvgIpc) is 3.05. The SMILES string of the molecule is CCCCCC(CC)COC(=O)c1c(Cl)c(Cl)cc(Cl)c1OC(=O)C(=O)Oc1c(Cl)cc(Cl)c(Cl)c1C(=O)OCC(CC)CCCCC. The molecule has 266 valence electrons. The van der Waals surface area contributed by atoms with Crippen molar-refractivity contribution >= 4 is 93.5 Å². The van der Waals surface area contributed by atoms with Gasteiger partial charge in [-0.15, -0.1) is 0 Å². The molecule has 0 spiro atoms. The molecule has 2 unspecified atom stereocenters. The van der Waals surface area contributed by atoms with E-state index >= 15 is 0 Å². The zero-order valence-electron chi connectivity index (χ0n) is 27.3. The number of rotatable bonds is 18. The van der Waals surface area contributed by atoms with Gasteiger partial charge < -0.3 is 18.9 Å². The number of hydrogen-bond acceptors (Lipinski definition) is 8. The average molecular weight is 789 g/mol. The molecule has 2 aromatic rings. The van der Waals surface area contributed by atoms with E-state index in [2.05, 4.69) is 13.8 Å². The molecule has 2 aromatic carbocycles. The third-order valence-corrected chi connectivity index (χ3v) is 9.84. The van der Waals surface area contributed by atoms with Crippen LogP contribution in [0.3, 0.4) is 0 Å². The van der Waals surface area contributed by atoms with E-state index < -0.39 is 46.5 Å². The van der Waals surface area contributed by atoms with Crippen LogP contribution >= 0.6 is 69.6 Å². The van der Waals surface area contributed by atoms with E-state index in [1.165, 1.54) is 0 Å². The molecule has 0 heterocycles. The van der Waals surface area contributed by atoms with Gasteiger partial charge in [-0.3, -0.25) is 0 Å². The second-order valence-corrected chi connectivity index (χ2v) is 13.6. The van der Waals surface area contributed by atoms with Gasteiger partial charge in [-0.2, -0.15) is 0 Å². The van der Waals surface area contributed by atoms with Crippen molar-refractivity contribution in [2.75, 3.05) is 13.2 Å². The molecule has 0 radical (unpaired) electrons. The number of hydrogen-bond donors (Lipinski definition) is 0. The van der Waals surface area contributed by atoms with E-state index in [1.807, 2.05) is 13.8 Å². The molecule has 0 aliphatic rings. The smallest absolute Gasteiger partial charge is 0.423 e. The first kappa shape index (κ1) is 42.2. The highest BCUT2D eigenvalue weighted by atomic mass is 35.5. The Kier molecular flexibility index (Phi) is 18.8. The Balaban J connectivity index is 2.31. The molecule has 2 rings (SSSR count). The number of carbonyl (C=O) groups excluding carboxylic acids is 4. The predicted molar refractivity (Wildman–Crippen MR) is 191 cm³/mol. The van der Waals surface area contributed by atoms with Crippen molar-refractivity contribution in [2.45, 2.75) is 91.9 Å². The molecule has 48 heavy (non-hydrogen) atoms. The molecule has 0 fully saturated rings. The van der Waals surface area contributed by atoms with E-state index in [4.69, 9.17) is 88.6 Å². The molecular weight excluding hydrogens is 749 g/mol. The van der Waals surface area contributed by atoms with Crippen molar-refractivity contribution in [1.29, 1.82) is 0 Å². The van der Waals surface area contributed by atoms with Gasteiger partial charge in [-0.25, -0.2) is 19.2 Å². The van der Waals surface area contributed by atoms with E-state index in [0.717, 1.165) is 76.3 Å². The van der Waals surface area contributed by atoms with Crippen LogP contribution in [0.5, 0.6) is 11.5 Å². The Hall–Kier alpha value is -1.94. The molecule has 0 saturated carbocycles. The van der Waals surface area contributed by atoms with E-state index in [0.29, 0.717) is 0 Å². The minimum absolute atomic E-state index is 0.0708. The fourth-order valence-electron chi connectivity index (χ4n) is 4.70. The monoisotopic (exact) mass is 786 g/mol. The number of carbonyl (C=O) groups is 4. The first-order valence-corrected chi connectivity index (χ1v) is 18.2. The van der Waals surface area contributed by atoms with Crippen LogP contribution in [0.2, 0.25) is 30.1 Å². The van der Waals surface area contributed by atoms with Crippen LogP contribution < -0.4 is 9.47 Å². The zero-order chi connectivity index (χ0) is 36.0. The Morgan fingerprint density at radius 2 is 0.917 bits per heavy atom. The lowest BCUT2D eigenvalue weighted by Crippen LogP contribution is -2.27. The Labute approximate surface area is 311 Å². The highest BCUT2D eigenvalue weighted by Gasteiger charge is 2.32. The summed E-state index contributed by atoms with van der Waals surface area (Å²) in [6.45, 7) is 8.29. The Bertz CT molecular complexity index is 1340. The van der Waals surface area contributed by atoms with Gasteiger partial charge in [0.2, 0.25) is 0 Å². The number of esters is 4. The van der Waals surface area contributed by atoms with Crippen molar-refractivity contribution in [3.8, 4) is 11.5 Å². The topological polar surface area (TPSA) is 105 Å². The van der Waals surface area contributed by atoms with Crippen molar-refractivity contribution < 1.29 is 38.1 Å². The molecule has 2 atom stereocenters. The second kappa shape index (κ2) is 21.3. The molecule has 8 nitrogen and oxygen atoms in total. The summed E-state index contributed by atoms with van der Waals surface area (Å²) in [6, 6.07) is 2.26. The van der Waals surface area contributed by atoms with Gasteiger partial charge in [-0.05, 0) is 36.8 Å². The second-order valence-electron chi connectivity index (χ2n) is 11.2. The van der Waals surface area contributed by atoms with Crippen LogP contribution in [0.15, 0.2) is 12.1 Å². The van der Waals surface area contributed by atoms with Gasteiger partial charge in [0, 0.05) is 0 Å². The number of ether oxygens (including phenoxy) is 4. The summed E-state index contributed by atoms with van der Waals surface area (Å²) in [6.07, 6.45) is 9.36. The fourth-order valence-corrected chi connectivity index (χ4v) is 6.14. The van der Waals surface area contributed by atoms with E-state index in [9.17, 15) is 19.2 Å². The van der Waals surface area contributed by atoms with Crippen molar-refractivity contribution in [3.05, 3.63) is 53.4 Å². The maximum absolute atomic E-state index is 13.2. The zero-order valence-corrected chi connectivity index (χ0v) is 31.9. The van der Waals surface area contributed by atoms with E-state index in [1.54, 1.807) is 0 Å². The molecule has 0 aromatic heterocycles. The molecule has 0 aliphatic heterocycles. The first-order valence-electron chi connectivity index (χ1n) is 15.9. The van der Waals surface area contributed by atoms with Gasteiger partial charge in [0.25, 0.3) is 0 Å². The molecular formula is C34H40Cl6O8. The van der Waals surface area contributed by atoms with Crippen LogP contribution in [0.1, 0.15) is 113 Å². The van der Waals surface area contributed by atoms with Gasteiger partial charge in [0.15, 0.2) is 11.5 Å². The highest BCUT2D eigenvalue weighted by molar-refractivity contribution is 6.47. The number of halogens is 6. The van der Waals surface area contributed by atoms with Gasteiger partial charge in [-0.1, -0.05) is 149 Å². The quantitative estimate of drug-likeness (QED) is 0.0483. The lowest BCUT2D eigenvalue weighted by Gasteiger charge is -2.18. The number of unbranched alkanes of at least 4 members (excludes halogenated alkanes) is 4. The van der Waals surface area contributed by atoms with Crippen LogP contribution in [-0.2, 0) is 19.1 Å². The van der Waals surface area contributed by atoms with Crippen LogP contribution in [0.4, 0.5) is 0 Å². The van der Waals surface area contributed by atoms with Crippen molar-refractivity contribution in [2.24, 2.45) is 11.8 Å². The van der Waals surface area contributed by atoms with Crippen LogP contribution in [0.25, 0.3) is 0 Å². The number of benzene rings is 2. The predicted octanol–water partition coefficient (Wildman–Crippen LogP) is 11.6. The standard InChI is InChI=1S/C34H40Cl6O8/c1-5-9-11-13-19(7-3)17-45-31(41)25-27(39)21(35)15-23(37)29(25)47-33(43)34(44)48-30-24(38)16-22(36)28(40)26(30)32(42)46-18-20(8-4)14-12-10-6-2/h15-16,19-20H,5-14,17-18H2,1-4H3. The molecule has 0 aliphatic carbocycles. The summed E-state index contributed by atoms with van der Waals surface area (Å²) in [5.74, 6) is -6.20. The van der Waals surface area contributed by atoms with Gasteiger partial charge in [0.1, 0.15) is 11.1 Å². The largest absolute Gasteiger partial charge is 0.462 e. The maximum atomic E-state index is 13.2. The minimum atomic E-state index is -1.64. The Morgan fingerprint density at radius 1 is 0.562 bits per heavy atom. The first-order chi connectivity index (χ1) is 22.8. The lowest BCUT2D eigenvalue weighted by atomic mass is 10.00. The summed E-state index contributed by atoms with van der Waals surface area (Å²) in [5, 5.41) is -1.47. The summed E-state index contributed by atoms with van der Waals surface area (Å²) in [7, 11) is 0. The normalized spacial score (nSPS) is 12.3. The van der Waals surface area contributed by atoms with E-state index in [-0.39, 0.29) is 55.2 Å². The van der Waals surface area contributed by atoms with Crippen molar-refractivity contribution in [3.63, 3.8) is 0 Å². The maximum Gasteiger partial charge on any atom is 0.423 e. The molecule has 14 heteroatoms. The van der Waals surface area contributed by atoms with Gasteiger partial charge >= 0.3 is 23.9 Å². The molecule has 0 saturated heterocycles. The summed E-state index contributed by atoms with van der Waals surface area (Å²) in [4.78, 5) is 52.4. The summed E-state index contributed by atoms with van der Waals surface area (Å²) in [5.41, 5.74) is -0.917. The van der Waals surface area contributed by atoms with Crippen LogP contribution in [0, 0.1) is 11.8 Å². The molecule has 0 bridgehead atoms. The fraction of sp³-hybridized carbons (Fsp3) is 0.529. The summed E-state index contributed by atoms with van der Waals surface area (Å²) >= 11 is 37.5. The van der Waals surface area contributed by atoms with Gasteiger partial charge in [0.05, 0.1) is 43.3 Å². The lowest BCUT2D eigenvalue weighted by molar-refractivity contribution is -0.156.